The first-order chi connectivity index (χ1) is 10.3. The molecule has 0 amide bonds. The van der Waals surface area contributed by atoms with Gasteiger partial charge in [0, 0.05) is 19.7 Å². The highest BCUT2D eigenvalue weighted by molar-refractivity contribution is 5.95. The van der Waals surface area contributed by atoms with Gasteiger partial charge in [-0.1, -0.05) is 30.3 Å². The monoisotopic (exact) mass is 281 g/mol. The largest absolute Gasteiger partial charge is 0.380 e. The van der Waals surface area contributed by atoms with E-state index in [-0.39, 0.29) is 0 Å². The molecule has 0 saturated heterocycles. The molecule has 0 atom stereocenters. The van der Waals surface area contributed by atoms with Crippen molar-refractivity contribution in [2.24, 2.45) is 10.8 Å². The van der Waals surface area contributed by atoms with Crippen LogP contribution in [0.4, 0.5) is 0 Å². The van der Waals surface area contributed by atoms with Gasteiger partial charge in [0.25, 0.3) is 0 Å². The normalized spacial score (nSPS) is 11.8. The van der Waals surface area contributed by atoms with Crippen LogP contribution < -0.4 is 11.2 Å². The third-order valence-corrected chi connectivity index (χ3v) is 3.06. The Morgan fingerprint density at radius 3 is 2.90 bits per heavy atom. The van der Waals surface area contributed by atoms with Gasteiger partial charge in [-0.2, -0.15) is 5.10 Å². The van der Waals surface area contributed by atoms with E-state index in [9.17, 15) is 0 Å². The van der Waals surface area contributed by atoms with Crippen molar-refractivity contribution in [1.29, 1.82) is 0 Å². The second-order valence-corrected chi connectivity index (χ2v) is 4.52. The third-order valence-electron chi connectivity index (χ3n) is 3.06. The average molecular weight is 281 g/mol. The van der Waals surface area contributed by atoms with Crippen molar-refractivity contribution >= 4 is 11.5 Å². The molecule has 7 nitrogen and oxygen atoms in total. The fraction of sp³-hybridized carbons (Fsp3) is 0.143. The Balaban J connectivity index is 2.07. The van der Waals surface area contributed by atoms with Crippen LogP contribution in [-0.2, 0) is 6.42 Å². The van der Waals surface area contributed by atoms with E-state index in [1.54, 1.807) is 24.0 Å². The predicted molar refractivity (Wildman–Crippen MR) is 79.8 cm³/mol. The molecule has 0 spiro atoms. The molecule has 3 rings (SSSR count). The quantitative estimate of drug-likeness (QED) is 0.414. The molecular formula is C14H15N7. The zero-order valence-corrected chi connectivity index (χ0v) is 11.6. The molecule has 3 aromatic rings. The molecule has 7 heteroatoms. The van der Waals surface area contributed by atoms with Gasteiger partial charge in [0.15, 0.2) is 11.5 Å². The zero-order valence-electron chi connectivity index (χ0n) is 11.6. The summed E-state index contributed by atoms with van der Waals surface area (Å²) in [6, 6.07) is 10.1. The number of hydrazone groups is 1. The van der Waals surface area contributed by atoms with Crippen molar-refractivity contribution in [2.45, 2.75) is 6.42 Å². The number of amidine groups is 1. The van der Waals surface area contributed by atoms with E-state index in [0.29, 0.717) is 18.0 Å². The minimum absolute atomic E-state index is 0.322. The third kappa shape index (κ3) is 2.66. The van der Waals surface area contributed by atoms with E-state index in [4.69, 9.17) is 5.73 Å². The number of benzene rings is 1. The van der Waals surface area contributed by atoms with Gasteiger partial charge in [-0.05, 0) is 5.56 Å². The first kappa shape index (κ1) is 13.0. The summed E-state index contributed by atoms with van der Waals surface area (Å²) >= 11 is 0. The Bertz CT molecular complexity index is 776. The highest BCUT2D eigenvalue weighted by Crippen LogP contribution is 2.12. The zero-order chi connectivity index (χ0) is 14.7. The second-order valence-electron chi connectivity index (χ2n) is 4.52. The maximum absolute atomic E-state index is 5.90. The highest BCUT2D eigenvalue weighted by atomic mass is 15.3. The van der Waals surface area contributed by atoms with Crippen molar-refractivity contribution < 1.29 is 0 Å². The first-order valence-corrected chi connectivity index (χ1v) is 6.51. The maximum atomic E-state index is 5.90. The molecule has 0 saturated carbocycles. The van der Waals surface area contributed by atoms with Crippen molar-refractivity contribution in [3.63, 3.8) is 0 Å². The number of rotatable bonds is 4. The Kier molecular flexibility index (Phi) is 3.46. The van der Waals surface area contributed by atoms with Gasteiger partial charge in [-0.25, -0.2) is 4.98 Å². The number of nitrogens with zero attached hydrogens (tertiary/aromatic N) is 5. The Hall–Kier alpha value is -2.96. The summed E-state index contributed by atoms with van der Waals surface area (Å²) in [5.41, 5.74) is 11.8. The van der Waals surface area contributed by atoms with Crippen LogP contribution in [0.5, 0.6) is 0 Å². The molecule has 1 aromatic carbocycles. The number of fused-ring (bicyclic) bond motifs is 1. The molecule has 0 fully saturated rings. The Morgan fingerprint density at radius 2 is 2.14 bits per heavy atom. The van der Waals surface area contributed by atoms with Crippen molar-refractivity contribution in [3.8, 4) is 0 Å². The summed E-state index contributed by atoms with van der Waals surface area (Å²) in [7, 11) is 1.69. The fourth-order valence-electron chi connectivity index (χ4n) is 2.11. The summed E-state index contributed by atoms with van der Waals surface area (Å²) in [5, 5.41) is 12.0. The lowest BCUT2D eigenvalue weighted by Gasteiger charge is -2.06. The van der Waals surface area contributed by atoms with Crippen LogP contribution in [0.1, 0.15) is 17.0 Å². The van der Waals surface area contributed by atoms with Crippen LogP contribution in [0.2, 0.25) is 0 Å². The van der Waals surface area contributed by atoms with Gasteiger partial charge in [-0.15, -0.1) is 10.2 Å². The summed E-state index contributed by atoms with van der Waals surface area (Å²) < 4.78 is 1.80. The molecule has 0 unspecified atom stereocenters. The fourth-order valence-corrected chi connectivity index (χ4v) is 2.11. The number of hydrogen-bond donors (Lipinski definition) is 2. The standard InChI is InChI=1S/C14H15N7/c1-16-19-13(15)12-8-21-9-17-20-14(21)11(18-12)7-10-5-3-2-4-6-10/h2-6,8-9,16H,7H2,1H3,(H2,15,19). The van der Waals surface area contributed by atoms with Crippen LogP contribution >= 0.6 is 0 Å². The van der Waals surface area contributed by atoms with Crippen molar-refractivity contribution in [2.75, 3.05) is 7.05 Å². The summed E-state index contributed by atoms with van der Waals surface area (Å²) in [5.74, 6) is 0.322. The van der Waals surface area contributed by atoms with Crippen LogP contribution in [0.25, 0.3) is 5.65 Å². The van der Waals surface area contributed by atoms with E-state index in [1.165, 1.54) is 0 Å². The van der Waals surface area contributed by atoms with Crippen molar-refractivity contribution in [3.05, 3.63) is 59.8 Å². The summed E-state index contributed by atoms with van der Waals surface area (Å²) in [6.45, 7) is 0. The van der Waals surface area contributed by atoms with Gasteiger partial charge >= 0.3 is 0 Å². The predicted octanol–water partition coefficient (Wildman–Crippen LogP) is 0.555. The van der Waals surface area contributed by atoms with Crippen LogP contribution in [0.15, 0.2) is 48.0 Å². The number of nitrogens with one attached hydrogen (secondary N) is 1. The molecule has 0 radical (unpaired) electrons. The molecule has 2 heterocycles. The Morgan fingerprint density at radius 1 is 1.33 bits per heavy atom. The minimum atomic E-state index is 0.322. The molecule has 0 aliphatic carbocycles. The first-order valence-electron chi connectivity index (χ1n) is 6.51. The molecule has 106 valence electrons. The summed E-state index contributed by atoms with van der Waals surface area (Å²) in [6.07, 6.45) is 4.05. The van der Waals surface area contributed by atoms with E-state index in [1.807, 2.05) is 30.3 Å². The number of hydrogen-bond acceptors (Lipinski definition) is 5. The highest BCUT2D eigenvalue weighted by Gasteiger charge is 2.11. The van der Waals surface area contributed by atoms with Gasteiger partial charge in [0.1, 0.15) is 12.0 Å². The van der Waals surface area contributed by atoms with Gasteiger partial charge in [0.2, 0.25) is 0 Å². The van der Waals surface area contributed by atoms with E-state index < -0.39 is 0 Å². The minimum Gasteiger partial charge on any atom is -0.380 e. The SMILES string of the molecule is CNN=C(N)c1cn2cnnc2c(Cc2ccccc2)n1. The topological polar surface area (TPSA) is 93.5 Å². The lowest BCUT2D eigenvalue weighted by Crippen LogP contribution is -2.20. The molecule has 0 bridgehead atoms. The Labute approximate surface area is 121 Å². The smallest absolute Gasteiger partial charge is 0.182 e. The second kappa shape index (κ2) is 5.58. The van der Waals surface area contributed by atoms with Gasteiger partial charge in [-0.3, -0.25) is 4.40 Å². The lowest BCUT2D eigenvalue weighted by atomic mass is 10.1. The number of aromatic nitrogens is 4. The maximum Gasteiger partial charge on any atom is 0.182 e. The van der Waals surface area contributed by atoms with Crippen LogP contribution in [0, 0.1) is 0 Å². The lowest BCUT2D eigenvalue weighted by molar-refractivity contribution is 0.892. The molecule has 3 N–H and O–H groups in total. The summed E-state index contributed by atoms with van der Waals surface area (Å²) in [4.78, 5) is 4.57. The number of nitrogens with two attached hydrogens (primary N) is 1. The molecule has 0 aliphatic heterocycles. The van der Waals surface area contributed by atoms with E-state index >= 15 is 0 Å². The average Bonchev–Trinajstić information content (AvgIpc) is 2.97. The van der Waals surface area contributed by atoms with Crippen LogP contribution in [0.3, 0.4) is 0 Å². The van der Waals surface area contributed by atoms with Crippen molar-refractivity contribution in [1.82, 2.24) is 25.0 Å². The van der Waals surface area contributed by atoms with E-state index in [2.05, 4.69) is 25.7 Å². The molecular weight excluding hydrogens is 266 g/mol. The van der Waals surface area contributed by atoms with Crippen LogP contribution in [-0.4, -0.2) is 32.5 Å². The molecule has 21 heavy (non-hydrogen) atoms. The van der Waals surface area contributed by atoms with Gasteiger partial charge in [0.05, 0.1) is 5.69 Å². The molecule has 2 aromatic heterocycles. The molecule has 0 aliphatic rings. The van der Waals surface area contributed by atoms with E-state index in [0.717, 1.165) is 16.9 Å². The van der Waals surface area contributed by atoms with Gasteiger partial charge < -0.3 is 11.2 Å².